The number of hydrogen-bond donors (Lipinski definition) is 1. The van der Waals surface area contributed by atoms with E-state index in [0.29, 0.717) is 27.1 Å². The van der Waals surface area contributed by atoms with Crippen molar-refractivity contribution in [3.05, 3.63) is 75.7 Å². The van der Waals surface area contributed by atoms with E-state index in [1.165, 1.54) is 0 Å². The lowest BCUT2D eigenvalue weighted by Gasteiger charge is -2.08. The van der Waals surface area contributed by atoms with Gasteiger partial charge in [0.2, 0.25) is 0 Å². The number of nitrogens with zero attached hydrogens (tertiary/aromatic N) is 4. The van der Waals surface area contributed by atoms with E-state index in [0.717, 1.165) is 16.8 Å². The molecule has 0 unspecified atom stereocenters. The van der Waals surface area contributed by atoms with Crippen LogP contribution in [0.5, 0.6) is 0 Å². The quantitative estimate of drug-likeness (QED) is 0.437. The topological polar surface area (TPSA) is 72.2 Å². The van der Waals surface area contributed by atoms with Crippen LogP contribution in [0.15, 0.2) is 48.5 Å². The molecule has 152 valence electrons. The smallest absolute Gasteiger partial charge is 0.278 e. The Labute approximate surface area is 183 Å². The number of amides is 1. The van der Waals surface area contributed by atoms with E-state index in [2.05, 4.69) is 29.4 Å². The first-order valence-corrected chi connectivity index (χ1v) is 10.2. The van der Waals surface area contributed by atoms with E-state index < -0.39 is 0 Å². The number of halogens is 2. The van der Waals surface area contributed by atoms with E-state index in [1.807, 2.05) is 24.3 Å². The molecule has 0 saturated carbocycles. The fourth-order valence-corrected chi connectivity index (χ4v) is 3.69. The summed E-state index contributed by atoms with van der Waals surface area (Å²) in [5.74, 6) is -0.237. The fraction of sp³-hybridized carbons (Fsp3) is 0.182. The van der Waals surface area contributed by atoms with Gasteiger partial charge in [0.1, 0.15) is 0 Å². The van der Waals surface area contributed by atoms with Crippen molar-refractivity contribution in [2.24, 2.45) is 0 Å². The fourth-order valence-electron chi connectivity index (χ4n) is 3.31. The molecule has 0 aliphatic rings. The molecule has 4 rings (SSSR count). The second-order valence-corrected chi connectivity index (χ2v) is 8.13. The summed E-state index contributed by atoms with van der Waals surface area (Å²) in [5, 5.41) is 17.3. The highest BCUT2D eigenvalue weighted by atomic mass is 35.5. The number of carbonyl (C=O) groups is 1. The number of anilines is 1. The zero-order chi connectivity index (χ0) is 21.4. The lowest BCUT2D eigenvalue weighted by molar-refractivity contribution is 0.102. The SMILES string of the molecule is Cc1c(C(=O)Nc2cccc(Cl)c2)nnc2c(-c3cccc(Cl)c3)c(C(C)C)nn12. The average Bonchev–Trinajstić information content (AvgIpc) is 3.09. The maximum Gasteiger partial charge on any atom is 0.278 e. The summed E-state index contributed by atoms with van der Waals surface area (Å²) < 4.78 is 1.67. The molecule has 0 bridgehead atoms. The van der Waals surface area contributed by atoms with Crippen molar-refractivity contribution < 1.29 is 4.79 Å². The largest absolute Gasteiger partial charge is 0.320 e. The molecule has 0 aliphatic heterocycles. The molecule has 0 fully saturated rings. The second kappa shape index (κ2) is 8.05. The molecule has 2 heterocycles. The van der Waals surface area contributed by atoms with E-state index >= 15 is 0 Å². The number of rotatable bonds is 4. The van der Waals surface area contributed by atoms with Crippen LogP contribution in [0.4, 0.5) is 5.69 Å². The van der Waals surface area contributed by atoms with Gasteiger partial charge in [0.25, 0.3) is 5.91 Å². The van der Waals surface area contributed by atoms with Crippen molar-refractivity contribution in [2.45, 2.75) is 26.7 Å². The number of carbonyl (C=O) groups excluding carboxylic acids is 1. The van der Waals surface area contributed by atoms with Gasteiger partial charge >= 0.3 is 0 Å². The Kier molecular flexibility index (Phi) is 5.45. The molecule has 30 heavy (non-hydrogen) atoms. The van der Waals surface area contributed by atoms with Gasteiger partial charge in [-0.2, -0.15) is 5.10 Å². The van der Waals surface area contributed by atoms with Gasteiger partial charge in [0.15, 0.2) is 11.3 Å². The van der Waals surface area contributed by atoms with Crippen molar-refractivity contribution in [3.8, 4) is 11.1 Å². The van der Waals surface area contributed by atoms with Gasteiger partial charge in [-0.05, 0) is 48.7 Å². The van der Waals surface area contributed by atoms with Crippen molar-refractivity contribution in [3.63, 3.8) is 0 Å². The summed E-state index contributed by atoms with van der Waals surface area (Å²) in [6.07, 6.45) is 0. The Morgan fingerprint density at radius 1 is 1.03 bits per heavy atom. The molecule has 1 amide bonds. The Morgan fingerprint density at radius 2 is 1.73 bits per heavy atom. The first-order chi connectivity index (χ1) is 14.3. The predicted octanol–water partition coefficient (Wildman–Crippen LogP) is 5.78. The number of fused-ring (bicyclic) bond motifs is 1. The number of aromatic nitrogens is 4. The molecule has 8 heteroatoms. The minimum Gasteiger partial charge on any atom is -0.320 e. The summed E-state index contributed by atoms with van der Waals surface area (Å²) >= 11 is 12.2. The van der Waals surface area contributed by atoms with Gasteiger partial charge < -0.3 is 5.32 Å². The summed E-state index contributed by atoms with van der Waals surface area (Å²) in [4.78, 5) is 12.8. The van der Waals surface area contributed by atoms with Crippen LogP contribution in [0.25, 0.3) is 16.8 Å². The Morgan fingerprint density at radius 3 is 2.40 bits per heavy atom. The molecule has 6 nitrogen and oxygen atoms in total. The molecule has 0 spiro atoms. The third-order valence-electron chi connectivity index (χ3n) is 4.75. The zero-order valence-electron chi connectivity index (χ0n) is 16.6. The van der Waals surface area contributed by atoms with Crippen LogP contribution in [0, 0.1) is 6.92 Å². The summed E-state index contributed by atoms with van der Waals surface area (Å²) in [5.41, 5.74) is 4.58. The van der Waals surface area contributed by atoms with Crippen molar-refractivity contribution in [1.82, 2.24) is 19.8 Å². The monoisotopic (exact) mass is 439 g/mol. The standard InChI is InChI=1S/C22H19Cl2N5O/c1-12(2)19-18(14-6-4-7-15(23)10-14)21-27-26-20(13(3)29(21)28-19)22(30)25-17-9-5-8-16(24)11-17/h4-12H,1-3H3,(H,25,30). The van der Waals surface area contributed by atoms with E-state index in [1.54, 1.807) is 35.7 Å². The number of aryl methyl sites for hydroxylation is 1. The van der Waals surface area contributed by atoms with Crippen LogP contribution in [-0.2, 0) is 0 Å². The first kappa shape index (κ1) is 20.3. The van der Waals surface area contributed by atoms with Crippen LogP contribution in [0.1, 0.15) is 41.6 Å². The van der Waals surface area contributed by atoms with E-state index in [9.17, 15) is 4.79 Å². The van der Waals surface area contributed by atoms with Gasteiger partial charge in [-0.25, -0.2) is 4.52 Å². The molecule has 1 N–H and O–H groups in total. The van der Waals surface area contributed by atoms with E-state index in [-0.39, 0.29) is 17.5 Å². The molecule has 2 aromatic carbocycles. The number of nitrogens with one attached hydrogen (secondary N) is 1. The minimum absolute atomic E-state index is 0.142. The normalized spacial score (nSPS) is 11.3. The van der Waals surface area contributed by atoms with Gasteiger partial charge in [0.05, 0.1) is 17.0 Å². The summed E-state index contributed by atoms with van der Waals surface area (Å²) in [6, 6.07) is 14.5. The molecular formula is C22H19Cl2N5O. The summed E-state index contributed by atoms with van der Waals surface area (Å²) in [6.45, 7) is 5.92. The van der Waals surface area contributed by atoms with Crippen LogP contribution < -0.4 is 5.32 Å². The molecule has 0 atom stereocenters. The minimum atomic E-state index is -0.380. The van der Waals surface area contributed by atoms with Gasteiger partial charge in [-0.3, -0.25) is 4.79 Å². The van der Waals surface area contributed by atoms with Crippen LogP contribution in [0.2, 0.25) is 10.0 Å². The summed E-state index contributed by atoms with van der Waals surface area (Å²) in [7, 11) is 0. The van der Waals surface area contributed by atoms with Crippen LogP contribution >= 0.6 is 23.2 Å². The number of hydrogen-bond acceptors (Lipinski definition) is 4. The zero-order valence-corrected chi connectivity index (χ0v) is 18.2. The van der Waals surface area contributed by atoms with Crippen molar-refractivity contribution in [1.29, 1.82) is 0 Å². The average molecular weight is 440 g/mol. The van der Waals surface area contributed by atoms with Gasteiger partial charge in [0, 0.05) is 15.7 Å². The molecular weight excluding hydrogens is 421 g/mol. The van der Waals surface area contributed by atoms with E-state index in [4.69, 9.17) is 28.3 Å². The highest BCUT2D eigenvalue weighted by Crippen LogP contribution is 2.33. The lowest BCUT2D eigenvalue weighted by Crippen LogP contribution is -2.18. The Bertz CT molecular complexity index is 1270. The maximum absolute atomic E-state index is 12.8. The Balaban J connectivity index is 1.82. The molecule has 2 aromatic heterocycles. The molecule has 0 aliphatic carbocycles. The highest BCUT2D eigenvalue weighted by Gasteiger charge is 2.23. The third-order valence-corrected chi connectivity index (χ3v) is 5.22. The third kappa shape index (κ3) is 3.76. The van der Waals surface area contributed by atoms with Crippen molar-refractivity contribution >= 4 is 40.4 Å². The van der Waals surface area contributed by atoms with Crippen molar-refractivity contribution in [2.75, 3.05) is 5.32 Å². The predicted molar refractivity (Wildman–Crippen MR) is 119 cm³/mol. The van der Waals surface area contributed by atoms with Gasteiger partial charge in [-0.1, -0.05) is 55.2 Å². The highest BCUT2D eigenvalue weighted by molar-refractivity contribution is 6.31. The lowest BCUT2D eigenvalue weighted by atomic mass is 10.00. The molecule has 0 saturated heterocycles. The molecule has 0 radical (unpaired) electrons. The van der Waals surface area contributed by atoms with Crippen LogP contribution in [0.3, 0.4) is 0 Å². The first-order valence-electron chi connectivity index (χ1n) is 9.44. The maximum atomic E-state index is 12.8. The van der Waals surface area contributed by atoms with Crippen LogP contribution in [-0.4, -0.2) is 25.7 Å². The van der Waals surface area contributed by atoms with Gasteiger partial charge in [-0.15, -0.1) is 10.2 Å². The second-order valence-electron chi connectivity index (χ2n) is 7.26. The number of benzene rings is 2. The Hall–Kier alpha value is -2.96. The molecule has 4 aromatic rings.